The van der Waals surface area contributed by atoms with Crippen molar-refractivity contribution >= 4 is 22.2 Å². The molecule has 84 valence electrons. The van der Waals surface area contributed by atoms with Gasteiger partial charge in [0.1, 0.15) is 5.69 Å². The lowest BCUT2D eigenvalue weighted by atomic mass is 10.3. The van der Waals surface area contributed by atoms with E-state index in [2.05, 4.69) is 20.2 Å². The summed E-state index contributed by atoms with van der Waals surface area (Å²) in [4.78, 5) is 29.5. The van der Waals surface area contributed by atoms with Crippen LogP contribution in [0, 0.1) is 0 Å². The molecule has 0 atom stereocenters. The van der Waals surface area contributed by atoms with E-state index < -0.39 is 0 Å². The van der Waals surface area contributed by atoms with Crippen molar-refractivity contribution in [2.75, 3.05) is 0 Å². The Balaban J connectivity index is 2.27. The Bertz CT molecular complexity index is 781. The van der Waals surface area contributed by atoms with Gasteiger partial charge in [0, 0.05) is 16.8 Å². The fourth-order valence-electron chi connectivity index (χ4n) is 1.47. The number of nitrogens with zero attached hydrogens (tertiary/aromatic N) is 2. The van der Waals surface area contributed by atoms with Gasteiger partial charge in [0.05, 0.1) is 10.9 Å². The zero-order chi connectivity index (χ0) is 11.8. The highest BCUT2D eigenvalue weighted by molar-refractivity contribution is 7.09. The lowest BCUT2D eigenvalue weighted by molar-refractivity contribution is 0.977. The molecule has 17 heavy (non-hydrogen) atoms. The number of hydrogen-bond donors (Lipinski definition) is 2. The molecule has 3 rings (SSSR count). The molecule has 0 aliphatic rings. The highest BCUT2D eigenvalue weighted by Gasteiger charge is 2.07. The van der Waals surface area contributed by atoms with Gasteiger partial charge in [-0.3, -0.25) is 9.59 Å². The number of fused-ring (bicyclic) bond motifs is 1. The molecule has 0 bridgehead atoms. The third-order valence-electron chi connectivity index (χ3n) is 2.27. The van der Waals surface area contributed by atoms with Crippen LogP contribution in [0.15, 0.2) is 32.5 Å². The molecule has 0 radical (unpaired) electrons. The summed E-state index contributed by atoms with van der Waals surface area (Å²) in [5.74, 6) is 0.345. The zero-order valence-electron chi connectivity index (χ0n) is 8.43. The monoisotopic (exact) mass is 246 g/mol. The molecule has 0 unspecified atom stereocenters. The van der Waals surface area contributed by atoms with Crippen LogP contribution in [0.2, 0.25) is 0 Å². The molecule has 3 aromatic rings. The summed E-state index contributed by atoms with van der Waals surface area (Å²) >= 11 is 1.41. The largest absolute Gasteiger partial charge is 0.305 e. The molecule has 0 aliphatic heterocycles. The Morgan fingerprint density at radius 1 is 1.18 bits per heavy atom. The number of nitrogens with one attached hydrogen (secondary N) is 2. The van der Waals surface area contributed by atoms with Crippen LogP contribution in [0.5, 0.6) is 0 Å². The third-order valence-corrected chi connectivity index (χ3v) is 3.00. The molecule has 3 aromatic heterocycles. The van der Waals surface area contributed by atoms with Gasteiger partial charge in [0.25, 0.3) is 11.1 Å². The van der Waals surface area contributed by atoms with Crippen molar-refractivity contribution < 1.29 is 0 Å². The van der Waals surface area contributed by atoms with E-state index in [-0.39, 0.29) is 11.1 Å². The quantitative estimate of drug-likeness (QED) is 0.662. The minimum atomic E-state index is -0.298. The van der Waals surface area contributed by atoms with Crippen molar-refractivity contribution in [1.82, 2.24) is 20.2 Å². The van der Waals surface area contributed by atoms with Crippen LogP contribution >= 0.6 is 11.3 Å². The van der Waals surface area contributed by atoms with Crippen LogP contribution in [0.25, 0.3) is 22.4 Å². The first kappa shape index (κ1) is 9.91. The van der Waals surface area contributed by atoms with Gasteiger partial charge < -0.3 is 4.98 Å². The minimum Gasteiger partial charge on any atom is -0.305 e. The smallest absolute Gasteiger partial charge is 0.264 e. The lowest BCUT2D eigenvalue weighted by Crippen LogP contribution is -2.11. The molecule has 0 saturated heterocycles. The maximum atomic E-state index is 11.7. The first-order valence-corrected chi connectivity index (χ1v) is 5.70. The average Bonchev–Trinajstić information content (AvgIpc) is 2.78. The third kappa shape index (κ3) is 1.66. The number of aromatic nitrogens is 4. The van der Waals surface area contributed by atoms with Crippen molar-refractivity contribution in [2.24, 2.45) is 0 Å². The summed E-state index contributed by atoms with van der Waals surface area (Å²) in [6, 6.07) is 2.84. The van der Waals surface area contributed by atoms with Gasteiger partial charge in [-0.25, -0.2) is 10.1 Å². The lowest BCUT2D eigenvalue weighted by Gasteiger charge is -1.98. The number of hydrogen-bond acceptors (Lipinski definition) is 5. The Morgan fingerprint density at radius 3 is 2.82 bits per heavy atom. The molecule has 7 heteroatoms. The van der Waals surface area contributed by atoms with Crippen LogP contribution in [0.4, 0.5) is 0 Å². The molecule has 0 amide bonds. The molecule has 0 aromatic carbocycles. The summed E-state index contributed by atoms with van der Waals surface area (Å²) in [5.41, 5.74) is 0.545. The van der Waals surface area contributed by atoms with Crippen molar-refractivity contribution in [3.63, 3.8) is 0 Å². The fourth-order valence-corrected chi connectivity index (χ4v) is 2.21. The van der Waals surface area contributed by atoms with E-state index in [9.17, 15) is 9.59 Å². The summed E-state index contributed by atoms with van der Waals surface area (Å²) in [6.07, 6.45) is 0. The van der Waals surface area contributed by atoms with Gasteiger partial charge in [-0.2, -0.15) is 5.10 Å². The van der Waals surface area contributed by atoms with E-state index in [1.165, 1.54) is 23.5 Å². The highest BCUT2D eigenvalue weighted by Crippen LogP contribution is 2.15. The van der Waals surface area contributed by atoms with Crippen molar-refractivity contribution in [1.29, 1.82) is 0 Å². The van der Waals surface area contributed by atoms with E-state index in [0.29, 0.717) is 22.4 Å². The van der Waals surface area contributed by atoms with E-state index in [1.807, 2.05) is 0 Å². The Hall–Kier alpha value is -2.28. The molecule has 6 nitrogen and oxygen atoms in total. The second-order valence-electron chi connectivity index (χ2n) is 3.39. The second-order valence-corrected chi connectivity index (χ2v) is 4.14. The molecule has 2 N–H and O–H groups in total. The highest BCUT2D eigenvalue weighted by atomic mass is 32.1. The van der Waals surface area contributed by atoms with E-state index in [4.69, 9.17) is 0 Å². The predicted octanol–water partition coefficient (Wildman–Crippen LogP) is 0.735. The van der Waals surface area contributed by atoms with E-state index in [0.717, 1.165) is 0 Å². The number of aromatic amines is 2. The molecular weight excluding hydrogens is 240 g/mol. The first-order valence-electron chi connectivity index (χ1n) is 4.76. The Kier molecular flexibility index (Phi) is 2.12. The Morgan fingerprint density at radius 2 is 2.06 bits per heavy atom. The van der Waals surface area contributed by atoms with E-state index in [1.54, 1.807) is 10.8 Å². The van der Waals surface area contributed by atoms with Crippen LogP contribution < -0.4 is 11.1 Å². The summed E-state index contributed by atoms with van der Waals surface area (Å²) in [6.45, 7) is 0. The molecule has 3 heterocycles. The summed E-state index contributed by atoms with van der Waals surface area (Å²) in [5, 5.41) is 10.2. The van der Waals surface area contributed by atoms with Gasteiger partial charge in [-0.05, 0) is 6.07 Å². The molecule has 0 saturated carbocycles. The first-order chi connectivity index (χ1) is 8.24. The van der Waals surface area contributed by atoms with Crippen molar-refractivity contribution in [3.8, 4) is 11.5 Å². The summed E-state index contributed by atoms with van der Waals surface area (Å²) in [7, 11) is 0. The van der Waals surface area contributed by atoms with Crippen LogP contribution in [0.3, 0.4) is 0 Å². The van der Waals surface area contributed by atoms with Gasteiger partial charge in [-0.1, -0.05) is 0 Å². The standard InChI is InChI=1S/C10H6N4O2S/c15-8-2-1-6(13-14-8)9-11-7-4-17-3-5(7)10(16)12-9/h1-4H,(H,14,15)(H,11,12,16). The number of thiophene rings is 1. The van der Waals surface area contributed by atoms with Crippen LogP contribution in [-0.2, 0) is 0 Å². The number of H-pyrrole nitrogens is 2. The molecule has 0 aliphatic carbocycles. The zero-order valence-corrected chi connectivity index (χ0v) is 9.25. The fraction of sp³-hybridized carbons (Fsp3) is 0. The summed E-state index contributed by atoms with van der Waals surface area (Å²) < 4.78 is 0. The Labute approximate surface area is 98.0 Å². The second kappa shape index (κ2) is 3.63. The molecule has 0 fully saturated rings. The molecular formula is C10H6N4O2S. The van der Waals surface area contributed by atoms with E-state index >= 15 is 0 Å². The van der Waals surface area contributed by atoms with Gasteiger partial charge in [-0.15, -0.1) is 11.3 Å². The van der Waals surface area contributed by atoms with Crippen molar-refractivity contribution in [3.05, 3.63) is 43.6 Å². The van der Waals surface area contributed by atoms with Crippen LogP contribution in [0.1, 0.15) is 0 Å². The SMILES string of the molecule is O=c1ccc(-c2nc3cscc3c(=O)[nH]2)n[nH]1. The van der Waals surface area contributed by atoms with Crippen LogP contribution in [-0.4, -0.2) is 20.2 Å². The van der Waals surface area contributed by atoms with Gasteiger partial charge in [0.15, 0.2) is 5.82 Å². The number of rotatable bonds is 1. The maximum Gasteiger partial charge on any atom is 0.264 e. The maximum absolute atomic E-state index is 11.7. The van der Waals surface area contributed by atoms with Gasteiger partial charge in [0.2, 0.25) is 0 Å². The van der Waals surface area contributed by atoms with Crippen molar-refractivity contribution in [2.45, 2.75) is 0 Å². The predicted molar refractivity (Wildman–Crippen MR) is 64.1 cm³/mol. The minimum absolute atomic E-state index is 0.209. The van der Waals surface area contributed by atoms with Gasteiger partial charge >= 0.3 is 0 Å². The normalized spacial score (nSPS) is 10.8. The topological polar surface area (TPSA) is 91.5 Å². The molecule has 0 spiro atoms. The average molecular weight is 246 g/mol.